The van der Waals surface area contributed by atoms with E-state index in [0.29, 0.717) is 4.90 Å². The molecule has 3 rings (SSSR count). The van der Waals surface area contributed by atoms with Gasteiger partial charge < -0.3 is 14.8 Å². The summed E-state index contributed by atoms with van der Waals surface area (Å²) in [5, 5.41) is 2.41. The molecular weight excluding hydrogens is 460 g/mol. The van der Waals surface area contributed by atoms with Crippen LogP contribution in [0.5, 0.6) is 11.5 Å². The first-order valence-electron chi connectivity index (χ1n) is 12.9. The number of carbonyl (C=O) groups excluding carboxylic acids is 3. The molecule has 0 fully saturated rings. The van der Waals surface area contributed by atoms with Crippen molar-refractivity contribution in [1.82, 2.24) is 4.90 Å². The molecule has 0 bridgehead atoms. The van der Waals surface area contributed by atoms with Crippen LogP contribution >= 0.6 is 0 Å². The molecule has 1 atom stereocenters. The summed E-state index contributed by atoms with van der Waals surface area (Å²) < 4.78 is 76.0. The summed E-state index contributed by atoms with van der Waals surface area (Å²) in [7, 11) is -4.29. The van der Waals surface area contributed by atoms with Crippen molar-refractivity contribution in [2.75, 3.05) is 30.9 Å². The van der Waals surface area contributed by atoms with Crippen LogP contribution in [0.2, 0.25) is 0 Å². The Morgan fingerprint density at radius 2 is 1.88 bits per heavy atom. The molecule has 2 aromatic rings. The van der Waals surface area contributed by atoms with Crippen molar-refractivity contribution in [3.63, 3.8) is 0 Å². The van der Waals surface area contributed by atoms with Gasteiger partial charge in [-0.2, -0.15) is 0 Å². The predicted octanol–water partition coefficient (Wildman–Crippen LogP) is 3.46. The second kappa shape index (κ2) is 11.1. The molecule has 1 aliphatic heterocycles. The standard InChI is InChI=1S/C22H24N2O7S.C2H6/c1-5-31-19-11-14(9-10-18(19)30-3)17(12-32(4,28)29)24-21(26)15-7-6-8-16(23-13(2)25)20(15)22(24)27;1-2/h6-11,17H,5,12H2,1-4H3,(H,23,25);1-2H3/t17-;/m1./s1/i4D3,12D2;. The molecule has 1 aliphatic rings. The van der Waals surface area contributed by atoms with E-state index in [1.165, 1.54) is 50.4 Å². The van der Waals surface area contributed by atoms with Gasteiger partial charge in [-0.3, -0.25) is 19.3 Å². The second-order valence-corrected chi connectivity index (χ2v) is 8.00. The molecule has 184 valence electrons. The molecule has 9 nitrogen and oxygen atoms in total. The molecule has 0 unspecified atom stereocenters. The van der Waals surface area contributed by atoms with Gasteiger partial charge in [0.1, 0.15) is 9.84 Å². The number of nitrogens with one attached hydrogen (secondary N) is 1. The van der Waals surface area contributed by atoms with Crippen LogP contribution in [-0.2, 0) is 14.6 Å². The van der Waals surface area contributed by atoms with E-state index < -0.39 is 45.5 Å². The molecule has 10 heteroatoms. The lowest BCUT2D eigenvalue weighted by atomic mass is 10.1. The molecule has 0 spiro atoms. The summed E-state index contributed by atoms with van der Waals surface area (Å²) in [6.45, 7) is 6.96. The van der Waals surface area contributed by atoms with E-state index in [4.69, 9.17) is 16.3 Å². The number of amides is 3. The van der Waals surface area contributed by atoms with Gasteiger partial charge in [-0.25, -0.2) is 8.42 Å². The highest BCUT2D eigenvalue weighted by atomic mass is 32.2. The molecule has 0 radical (unpaired) electrons. The van der Waals surface area contributed by atoms with E-state index in [9.17, 15) is 22.8 Å². The normalized spacial score (nSPS) is 16.5. The monoisotopic (exact) mass is 495 g/mol. The summed E-state index contributed by atoms with van der Waals surface area (Å²) in [5.41, 5.74) is -4.47. The summed E-state index contributed by atoms with van der Waals surface area (Å²) in [4.78, 5) is 39.0. The third kappa shape index (κ3) is 5.74. The van der Waals surface area contributed by atoms with E-state index in [0.717, 1.165) is 0 Å². The van der Waals surface area contributed by atoms with E-state index in [1.807, 2.05) is 13.8 Å². The van der Waals surface area contributed by atoms with Crippen LogP contribution in [0.3, 0.4) is 0 Å². The van der Waals surface area contributed by atoms with Crippen molar-refractivity contribution >= 4 is 33.2 Å². The van der Waals surface area contributed by atoms with Crippen molar-refractivity contribution in [2.24, 2.45) is 0 Å². The zero-order valence-electron chi connectivity index (χ0n) is 24.5. The quantitative estimate of drug-likeness (QED) is 0.557. The number of methoxy groups -OCH3 is 1. The number of hydrogen-bond donors (Lipinski definition) is 1. The maximum absolute atomic E-state index is 13.6. The van der Waals surface area contributed by atoms with Gasteiger partial charge in [-0.1, -0.05) is 26.0 Å². The van der Waals surface area contributed by atoms with Crippen LogP contribution in [0, 0.1) is 0 Å². The van der Waals surface area contributed by atoms with Crippen molar-refractivity contribution < 1.29 is 39.1 Å². The highest BCUT2D eigenvalue weighted by molar-refractivity contribution is 7.90. The maximum Gasteiger partial charge on any atom is 0.264 e. The average molecular weight is 496 g/mol. The highest BCUT2D eigenvalue weighted by Gasteiger charge is 2.43. The zero-order valence-corrected chi connectivity index (χ0v) is 20.3. The Morgan fingerprint density at radius 3 is 2.47 bits per heavy atom. The molecule has 2 aromatic carbocycles. The highest BCUT2D eigenvalue weighted by Crippen LogP contribution is 2.38. The number of sulfone groups is 1. The van der Waals surface area contributed by atoms with Gasteiger partial charge in [-0.15, -0.1) is 0 Å². The number of fused-ring (bicyclic) bond motifs is 1. The first-order chi connectivity index (χ1) is 18.1. The van der Waals surface area contributed by atoms with Crippen molar-refractivity contribution in [2.45, 2.75) is 33.7 Å². The van der Waals surface area contributed by atoms with Gasteiger partial charge in [0.25, 0.3) is 11.8 Å². The molecular formula is C24H30N2O7S. The predicted molar refractivity (Wildman–Crippen MR) is 129 cm³/mol. The SMILES string of the molecule is CC.[2H]C([2H])([2H])S(=O)(=O)C([2H])([2H])[C@H](c1ccc(OC)c(OCC)c1)N1C(=O)c2cccc(NC(C)=O)c2C1=O. The minimum absolute atomic E-state index is 0.0464. The molecule has 0 aliphatic carbocycles. The number of hydrogen-bond acceptors (Lipinski definition) is 7. The largest absolute Gasteiger partial charge is 0.493 e. The lowest BCUT2D eigenvalue weighted by molar-refractivity contribution is -0.114. The second-order valence-electron chi connectivity index (χ2n) is 6.76. The van der Waals surface area contributed by atoms with Crippen LogP contribution in [0.15, 0.2) is 36.4 Å². The number of nitrogens with zero attached hydrogens (tertiary/aromatic N) is 1. The van der Waals surface area contributed by atoms with Gasteiger partial charge >= 0.3 is 0 Å². The van der Waals surface area contributed by atoms with Crippen LogP contribution < -0.4 is 14.8 Å². The Hall–Kier alpha value is -3.40. The number of imide groups is 1. The van der Waals surface area contributed by atoms with Crippen LogP contribution in [-0.4, -0.2) is 56.6 Å². The Bertz CT molecular complexity index is 1380. The van der Waals surface area contributed by atoms with Gasteiger partial charge in [0.05, 0.1) is 42.3 Å². The molecule has 1 heterocycles. The van der Waals surface area contributed by atoms with E-state index >= 15 is 0 Å². The van der Waals surface area contributed by atoms with E-state index in [1.54, 1.807) is 6.92 Å². The fourth-order valence-corrected chi connectivity index (χ4v) is 3.92. The van der Waals surface area contributed by atoms with Crippen LogP contribution in [0.25, 0.3) is 0 Å². The lowest BCUT2D eigenvalue weighted by Gasteiger charge is -2.27. The molecule has 0 saturated carbocycles. The van der Waals surface area contributed by atoms with E-state index in [-0.39, 0.29) is 40.5 Å². The number of ether oxygens (including phenoxy) is 2. The van der Waals surface area contributed by atoms with Crippen LogP contribution in [0.1, 0.15) is 66.9 Å². The van der Waals surface area contributed by atoms with E-state index in [2.05, 4.69) is 5.32 Å². The third-order valence-electron chi connectivity index (χ3n) is 4.59. The van der Waals surface area contributed by atoms with Gasteiger partial charge in [0.2, 0.25) is 5.91 Å². The molecule has 34 heavy (non-hydrogen) atoms. The minimum atomic E-state index is -5.62. The summed E-state index contributed by atoms with van der Waals surface area (Å²) in [5.74, 6) is -2.51. The van der Waals surface area contributed by atoms with Crippen molar-refractivity contribution in [3.8, 4) is 11.5 Å². The smallest absolute Gasteiger partial charge is 0.264 e. The first-order valence-corrected chi connectivity index (χ1v) is 11.9. The van der Waals surface area contributed by atoms with Crippen molar-refractivity contribution in [1.29, 1.82) is 0 Å². The van der Waals surface area contributed by atoms with Gasteiger partial charge in [0.15, 0.2) is 11.5 Å². The zero-order chi connectivity index (χ0) is 29.9. The molecule has 0 saturated heterocycles. The molecule has 0 aromatic heterocycles. The summed E-state index contributed by atoms with van der Waals surface area (Å²) >= 11 is 0. The third-order valence-corrected chi connectivity index (χ3v) is 5.12. The summed E-state index contributed by atoms with van der Waals surface area (Å²) in [6, 6.07) is 5.42. The Morgan fingerprint density at radius 1 is 1.18 bits per heavy atom. The number of rotatable bonds is 8. The molecule has 3 amide bonds. The Balaban J connectivity index is 0.00000260. The van der Waals surface area contributed by atoms with Crippen molar-refractivity contribution in [3.05, 3.63) is 53.1 Å². The molecule has 1 N–H and O–H groups in total. The maximum atomic E-state index is 13.6. The Labute approximate surface area is 207 Å². The Kier molecular flexibility index (Phi) is 6.56. The number of anilines is 1. The summed E-state index contributed by atoms with van der Waals surface area (Å²) in [6.07, 6.45) is -3.82. The van der Waals surface area contributed by atoms with Crippen LogP contribution in [0.4, 0.5) is 5.69 Å². The topological polar surface area (TPSA) is 119 Å². The lowest BCUT2D eigenvalue weighted by Crippen LogP contribution is -2.37. The van der Waals surface area contributed by atoms with Gasteiger partial charge in [-0.05, 0) is 36.8 Å². The number of benzene rings is 2. The minimum Gasteiger partial charge on any atom is -0.493 e. The number of carbonyl (C=O) groups is 3. The fourth-order valence-electron chi connectivity index (χ4n) is 3.38. The fraction of sp³-hybridized carbons (Fsp3) is 0.375. The average Bonchev–Trinajstić information content (AvgIpc) is 3.10. The first kappa shape index (κ1) is 20.0. The van der Waals surface area contributed by atoms with Gasteiger partial charge in [0, 0.05) is 20.0 Å².